The predicted molar refractivity (Wildman–Crippen MR) is 102 cm³/mol. The molecule has 0 aliphatic carbocycles. The molecule has 3 rings (SSSR count). The third-order valence-electron chi connectivity index (χ3n) is 3.74. The Labute approximate surface area is 157 Å². The molecule has 134 valence electrons. The molecular weight excluding hydrogens is 340 g/mol. The van der Waals surface area contributed by atoms with Gasteiger partial charge in [0.1, 0.15) is 18.1 Å². The number of rotatable bonds is 7. The lowest BCUT2D eigenvalue weighted by Crippen LogP contribution is -2.20. The number of nitrogens with one attached hydrogen (secondary N) is 1. The fraction of sp³-hybridized carbons (Fsp3) is 0.0909. The molecule has 0 atom stereocenters. The molecule has 0 saturated carbocycles. The van der Waals surface area contributed by atoms with Crippen LogP contribution in [0, 0.1) is 11.3 Å². The van der Waals surface area contributed by atoms with Gasteiger partial charge in [-0.2, -0.15) is 5.26 Å². The van der Waals surface area contributed by atoms with Crippen molar-refractivity contribution < 1.29 is 14.3 Å². The number of benzene rings is 3. The predicted octanol–water partition coefficient (Wildman–Crippen LogP) is 4.15. The number of amides is 1. The van der Waals surface area contributed by atoms with Crippen LogP contribution < -0.4 is 14.8 Å². The minimum atomic E-state index is -0.266. The van der Waals surface area contributed by atoms with E-state index in [0.29, 0.717) is 23.6 Å². The molecule has 27 heavy (non-hydrogen) atoms. The Hall–Kier alpha value is -3.78. The van der Waals surface area contributed by atoms with Gasteiger partial charge in [0.2, 0.25) is 0 Å². The summed E-state index contributed by atoms with van der Waals surface area (Å²) in [6.07, 6.45) is 0. The van der Waals surface area contributed by atoms with Crippen LogP contribution in [0.2, 0.25) is 0 Å². The first-order valence-electron chi connectivity index (χ1n) is 8.42. The SMILES string of the molecule is N#Cc1ccc(OCC(=O)Nc2ccc(OCc3ccccc3)cc2)cc1. The summed E-state index contributed by atoms with van der Waals surface area (Å²) in [5.74, 6) is 0.997. The molecule has 5 heteroatoms. The molecule has 3 aromatic carbocycles. The van der Waals surface area contributed by atoms with Gasteiger partial charge >= 0.3 is 0 Å². The quantitative estimate of drug-likeness (QED) is 0.688. The van der Waals surface area contributed by atoms with E-state index in [-0.39, 0.29) is 12.5 Å². The standard InChI is InChI=1S/C22H18N2O3/c23-14-17-6-10-20(11-7-17)27-16-22(25)24-19-8-12-21(13-9-19)26-15-18-4-2-1-3-5-18/h1-13H,15-16H2,(H,24,25). The maximum absolute atomic E-state index is 12.0. The van der Waals surface area contributed by atoms with Crippen molar-refractivity contribution in [3.63, 3.8) is 0 Å². The van der Waals surface area contributed by atoms with Crippen molar-refractivity contribution >= 4 is 11.6 Å². The highest BCUT2D eigenvalue weighted by molar-refractivity contribution is 5.91. The zero-order valence-corrected chi connectivity index (χ0v) is 14.6. The molecule has 0 aliphatic rings. The van der Waals surface area contributed by atoms with Crippen molar-refractivity contribution in [2.24, 2.45) is 0 Å². The van der Waals surface area contributed by atoms with Gasteiger partial charge in [-0.1, -0.05) is 30.3 Å². The molecule has 0 fully saturated rings. The van der Waals surface area contributed by atoms with Crippen LogP contribution in [0.5, 0.6) is 11.5 Å². The van der Waals surface area contributed by atoms with Crippen LogP contribution in [-0.2, 0) is 11.4 Å². The smallest absolute Gasteiger partial charge is 0.262 e. The zero-order valence-electron chi connectivity index (χ0n) is 14.6. The summed E-state index contributed by atoms with van der Waals surface area (Å²) in [6.45, 7) is 0.378. The van der Waals surface area contributed by atoms with Crippen LogP contribution in [0.25, 0.3) is 0 Å². The Bertz CT molecular complexity index is 915. The summed E-state index contributed by atoms with van der Waals surface area (Å²) in [5, 5.41) is 11.5. The molecule has 0 unspecified atom stereocenters. The first-order valence-corrected chi connectivity index (χ1v) is 8.42. The maximum atomic E-state index is 12.0. The van der Waals surface area contributed by atoms with Gasteiger partial charge in [-0.15, -0.1) is 0 Å². The fourth-order valence-electron chi connectivity index (χ4n) is 2.35. The Kier molecular flexibility index (Phi) is 6.05. The summed E-state index contributed by atoms with van der Waals surface area (Å²) in [5.41, 5.74) is 2.30. The molecule has 0 radical (unpaired) electrons. The zero-order chi connectivity index (χ0) is 18.9. The molecule has 0 aliphatic heterocycles. The second-order valence-electron chi connectivity index (χ2n) is 5.77. The number of hydrogen-bond donors (Lipinski definition) is 1. The van der Waals surface area contributed by atoms with Gasteiger partial charge in [0, 0.05) is 5.69 Å². The van der Waals surface area contributed by atoms with Gasteiger partial charge in [0.15, 0.2) is 6.61 Å². The highest BCUT2D eigenvalue weighted by atomic mass is 16.5. The van der Waals surface area contributed by atoms with Crippen molar-refractivity contribution in [2.75, 3.05) is 11.9 Å². The van der Waals surface area contributed by atoms with Gasteiger partial charge in [-0.25, -0.2) is 0 Å². The summed E-state index contributed by atoms with van der Waals surface area (Å²) >= 11 is 0. The molecule has 1 N–H and O–H groups in total. The molecule has 0 saturated heterocycles. The molecular formula is C22H18N2O3. The van der Waals surface area contributed by atoms with Crippen LogP contribution >= 0.6 is 0 Å². The van der Waals surface area contributed by atoms with Crippen molar-refractivity contribution in [3.05, 3.63) is 90.0 Å². The minimum Gasteiger partial charge on any atom is -0.489 e. The molecule has 0 heterocycles. The summed E-state index contributed by atoms with van der Waals surface area (Å²) in [4.78, 5) is 12.0. The Morgan fingerprint density at radius 2 is 1.48 bits per heavy atom. The maximum Gasteiger partial charge on any atom is 0.262 e. The number of nitriles is 1. The largest absolute Gasteiger partial charge is 0.489 e. The lowest BCUT2D eigenvalue weighted by molar-refractivity contribution is -0.118. The summed E-state index contributed by atoms with van der Waals surface area (Å²) < 4.78 is 11.1. The number of hydrogen-bond acceptors (Lipinski definition) is 4. The number of carbonyl (C=O) groups is 1. The summed E-state index contributed by atoms with van der Waals surface area (Å²) in [7, 11) is 0. The third kappa shape index (κ3) is 5.62. The Morgan fingerprint density at radius 1 is 0.852 bits per heavy atom. The van der Waals surface area contributed by atoms with E-state index in [1.807, 2.05) is 36.4 Å². The molecule has 0 bridgehead atoms. The average molecular weight is 358 g/mol. The highest BCUT2D eigenvalue weighted by Gasteiger charge is 2.04. The van der Waals surface area contributed by atoms with Gasteiger partial charge in [-0.3, -0.25) is 4.79 Å². The van der Waals surface area contributed by atoms with Gasteiger partial charge in [0.25, 0.3) is 5.91 Å². The first-order chi connectivity index (χ1) is 13.2. The van der Waals surface area contributed by atoms with Gasteiger partial charge in [0.05, 0.1) is 11.6 Å². The second-order valence-corrected chi connectivity index (χ2v) is 5.77. The fourth-order valence-corrected chi connectivity index (χ4v) is 2.35. The van der Waals surface area contributed by atoms with Crippen LogP contribution in [-0.4, -0.2) is 12.5 Å². The van der Waals surface area contributed by atoms with Crippen LogP contribution in [0.3, 0.4) is 0 Å². The van der Waals surface area contributed by atoms with E-state index < -0.39 is 0 Å². The van der Waals surface area contributed by atoms with Crippen molar-refractivity contribution in [1.82, 2.24) is 0 Å². The number of anilines is 1. The van der Waals surface area contributed by atoms with E-state index >= 15 is 0 Å². The van der Waals surface area contributed by atoms with E-state index in [4.69, 9.17) is 14.7 Å². The minimum absolute atomic E-state index is 0.113. The van der Waals surface area contributed by atoms with Gasteiger partial charge in [-0.05, 0) is 54.1 Å². The normalized spacial score (nSPS) is 9.89. The van der Waals surface area contributed by atoms with E-state index in [9.17, 15) is 4.79 Å². The Balaban J connectivity index is 1.45. The lowest BCUT2D eigenvalue weighted by atomic mass is 10.2. The van der Waals surface area contributed by atoms with Crippen molar-refractivity contribution in [1.29, 1.82) is 5.26 Å². The first kappa shape index (κ1) is 18.0. The van der Waals surface area contributed by atoms with Crippen molar-refractivity contribution in [3.8, 4) is 17.6 Å². The monoisotopic (exact) mass is 358 g/mol. The van der Waals surface area contributed by atoms with Crippen LogP contribution in [0.4, 0.5) is 5.69 Å². The summed E-state index contributed by atoms with van der Waals surface area (Å²) in [6, 6.07) is 25.7. The molecule has 5 nitrogen and oxygen atoms in total. The van der Waals surface area contributed by atoms with E-state index in [2.05, 4.69) is 5.32 Å². The lowest BCUT2D eigenvalue weighted by Gasteiger charge is -2.09. The molecule has 0 aromatic heterocycles. The van der Waals surface area contributed by atoms with Crippen molar-refractivity contribution in [2.45, 2.75) is 6.61 Å². The topological polar surface area (TPSA) is 71.3 Å². The molecule has 0 spiro atoms. The van der Waals surface area contributed by atoms with Crippen LogP contribution in [0.1, 0.15) is 11.1 Å². The number of ether oxygens (including phenoxy) is 2. The number of nitrogens with zero attached hydrogens (tertiary/aromatic N) is 1. The second kappa shape index (κ2) is 9.07. The third-order valence-corrected chi connectivity index (χ3v) is 3.74. The van der Waals surface area contributed by atoms with E-state index in [0.717, 1.165) is 11.3 Å². The highest BCUT2D eigenvalue weighted by Crippen LogP contribution is 2.17. The Morgan fingerprint density at radius 3 is 2.15 bits per heavy atom. The number of carbonyl (C=O) groups excluding carboxylic acids is 1. The van der Waals surface area contributed by atoms with E-state index in [1.165, 1.54) is 0 Å². The average Bonchev–Trinajstić information content (AvgIpc) is 2.73. The molecule has 3 aromatic rings. The van der Waals surface area contributed by atoms with E-state index in [1.54, 1.807) is 48.5 Å². The van der Waals surface area contributed by atoms with Gasteiger partial charge < -0.3 is 14.8 Å². The van der Waals surface area contributed by atoms with Crippen LogP contribution in [0.15, 0.2) is 78.9 Å². The molecule has 1 amide bonds.